The van der Waals surface area contributed by atoms with E-state index in [0.29, 0.717) is 17.5 Å². The lowest BCUT2D eigenvalue weighted by molar-refractivity contribution is -0.133. The maximum Gasteiger partial charge on any atom is 0.258 e. The second kappa shape index (κ2) is 6.78. The molecular formula is C17H20N2O4S. The van der Waals surface area contributed by atoms with Crippen molar-refractivity contribution in [1.29, 1.82) is 0 Å². The molecule has 0 aliphatic carbocycles. The Morgan fingerprint density at radius 2 is 2.21 bits per heavy atom. The average Bonchev–Trinajstić information content (AvgIpc) is 3.24. The van der Waals surface area contributed by atoms with E-state index in [1.807, 2.05) is 30.5 Å². The van der Waals surface area contributed by atoms with Crippen LogP contribution in [-0.2, 0) is 9.53 Å². The van der Waals surface area contributed by atoms with Gasteiger partial charge in [-0.25, -0.2) is 4.98 Å². The number of anilines is 1. The molecule has 0 unspecified atom stereocenters. The lowest BCUT2D eigenvalue weighted by atomic mass is 10.0. The van der Waals surface area contributed by atoms with Gasteiger partial charge in [-0.15, -0.1) is 11.3 Å². The standard InChI is InChI=1S/C17H20N2O4S/c1-17(7-4-8-23-17)15(20)19-16-18-13(10-24-16)12-9-11(21-2)5-6-14(12)22-3/h5-6,9-10H,4,7-8H2,1-3H3,(H,18,19,20)/t17-/m1/s1. The first-order chi connectivity index (χ1) is 11.6. The van der Waals surface area contributed by atoms with Crippen LogP contribution in [0.25, 0.3) is 11.3 Å². The average molecular weight is 348 g/mol. The van der Waals surface area contributed by atoms with Crippen molar-refractivity contribution < 1.29 is 19.0 Å². The zero-order chi connectivity index (χ0) is 17.2. The summed E-state index contributed by atoms with van der Waals surface area (Å²) in [5.41, 5.74) is 0.778. The van der Waals surface area contributed by atoms with Crippen molar-refractivity contribution in [2.24, 2.45) is 0 Å². The Balaban J connectivity index is 1.82. The zero-order valence-electron chi connectivity index (χ0n) is 13.9. The molecule has 3 rings (SSSR count). The normalized spacial score (nSPS) is 20.0. The first-order valence-corrected chi connectivity index (χ1v) is 8.57. The fourth-order valence-electron chi connectivity index (χ4n) is 2.66. The van der Waals surface area contributed by atoms with Gasteiger partial charge in [0.25, 0.3) is 5.91 Å². The van der Waals surface area contributed by atoms with E-state index in [2.05, 4.69) is 10.3 Å². The number of hydrogen-bond donors (Lipinski definition) is 1. The minimum absolute atomic E-state index is 0.154. The summed E-state index contributed by atoms with van der Waals surface area (Å²) in [4.78, 5) is 16.9. The molecule has 1 aliphatic heterocycles. The Morgan fingerprint density at radius 3 is 2.88 bits per heavy atom. The summed E-state index contributed by atoms with van der Waals surface area (Å²) in [5, 5.41) is 5.27. The number of nitrogens with one attached hydrogen (secondary N) is 1. The van der Waals surface area contributed by atoms with Crippen molar-refractivity contribution in [2.75, 3.05) is 26.1 Å². The molecule has 0 bridgehead atoms. The molecule has 1 saturated heterocycles. The summed E-state index contributed by atoms with van der Waals surface area (Å²) in [5.74, 6) is 1.26. The third kappa shape index (κ3) is 3.22. The molecule has 1 aromatic carbocycles. The number of benzene rings is 1. The quantitative estimate of drug-likeness (QED) is 0.897. The number of amides is 1. The predicted octanol–water partition coefficient (Wildman–Crippen LogP) is 3.33. The van der Waals surface area contributed by atoms with Gasteiger partial charge in [0, 0.05) is 17.6 Å². The van der Waals surface area contributed by atoms with Gasteiger partial charge in [0.15, 0.2) is 5.13 Å². The van der Waals surface area contributed by atoms with E-state index in [0.717, 1.165) is 29.8 Å². The number of ether oxygens (including phenoxy) is 3. The summed E-state index contributed by atoms with van der Waals surface area (Å²) in [6.07, 6.45) is 1.62. The van der Waals surface area contributed by atoms with Gasteiger partial charge in [-0.2, -0.15) is 0 Å². The van der Waals surface area contributed by atoms with Gasteiger partial charge in [0.1, 0.15) is 17.1 Å². The Morgan fingerprint density at radius 1 is 1.38 bits per heavy atom. The third-order valence-electron chi connectivity index (χ3n) is 4.11. The molecular weight excluding hydrogens is 328 g/mol. The maximum absolute atomic E-state index is 12.4. The molecule has 1 N–H and O–H groups in total. The molecule has 1 atom stereocenters. The Bertz CT molecular complexity index is 738. The molecule has 2 heterocycles. The molecule has 1 aromatic heterocycles. The van der Waals surface area contributed by atoms with Crippen molar-refractivity contribution in [3.8, 4) is 22.8 Å². The van der Waals surface area contributed by atoms with Gasteiger partial charge in [-0.05, 0) is 38.0 Å². The molecule has 0 radical (unpaired) electrons. The van der Waals surface area contributed by atoms with E-state index in [4.69, 9.17) is 14.2 Å². The zero-order valence-corrected chi connectivity index (χ0v) is 14.7. The maximum atomic E-state index is 12.4. The first-order valence-electron chi connectivity index (χ1n) is 7.69. The number of methoxy groups -OCH3 is 2. The van der Waals surface area contributed by atoms with E-state index in [1.165, 1.54) is 11.3 Å². The van der Waals surface area contributed by atoms with Crippen LogP contribution in [0.15, 0.2) is 23.6 Å². The van der Waals surface area contributed by atoms with Crippen LogP contribution in [0.5, 0.6) is 11.5 Å². The Hall–Kier alpha value is -2.12. The van der Waals surface area contributed by atoms with E-state index >= 15 is 0 Å². The molecule has 2 aromatic rings. The fourth-order valence-corrected chi connectivity index (χ4v) is 3.36. The van der Waals surface area contributed by atoms with Gasteiger partial charge in [0.05, 0.1) is 19.9 Å². The third-order valence-corrected chi connectivity index (χ3v) is 4.86. The van der Waals surface area contributed by atoms with Crippen molar-refractivity contribution in [3.05, 3.63) is 23.6 Å². The minimum atomic E-state index is -0.764. The predicted molar refractivity (Wildman–Crippen MR) is 92.9 cm³/mol. The number of carbonyl (C=O) groups excluding carboxylic acids is 1. The van der Waals surface area contributed by atoms with Crippen molar-refractivity contribution in [2.45, 2.75) is 25.4 Å². The van der Waals surface area contributed by atoms with Crippen molar-refractivity contribution in [1.82, 2.24) is 4.98 Å². The van der Waals surface area contributed by atoms with Gasteiger partial charge < -0.3 is 14.2 Å². The molecule has 1 fully saturated rings. The van der Waals surface area contributed by atoms with E-state index in [1.54, 1.807) is 14.2 Å². The largest absolute Gasteiger partial charge is 0.497 e. The topological polar surface area (TPSA) is 69.7 Å². The van der Waals surface area contributed by atoms with Crippen LogP contribution in [0.2, 0.25) is 0 Å². The molecule has 1 amide bonds. The molecule has 0 spiro atoms. The highest BCUT2D eigenvalue weighted by atomic mass is 32.1. The fraction of sp³-hybridized carbons (Fsp3) is 0.412. The molecule has 128 valence electrons. The molecule has 24 heavy (non-hydrogen) atoms. The Kier molecular flexibility index (Phi) is 4.73. The molecule has 7 heteroatoms. The summed E-state index contributed by atoms with van der Waals surface area (Å²) >= 11 is 1.37. The highest BCUT2D eigenvalue weighted by molar-refractivity contribution is 7.14. The lowest BCUT2D eigenvalue weighted by Crippen LogP contribution is -2.39. The van der Waals surface area contributed by atoms with Crippen LogP contribution >= 0.6 is 11.3 Å². The number of nitrogens with zero attached hydrogens (tertiary/aromatic N) is 1. The Labute approximate surface area is 144 Å². The van der Waals surface area contributed by atoms with Crippen LogP contribution in [-0.4, -0.2) is 37.3 Å². The number of rotatable bonds is 5. The van der Waals surface area contributed by atoms with Gasteiger partial charge >= 0.3 is 0 Å². The van der Waals surface area contributed by atoms with Gasteiger partial charge in [-0.1, -0.05) is 0 Å². The van der Waals surface area contributed by atoms with E-state index in [9.17, 15) is 4.79 Å². The number of hydrogen-bond acceptors (Lipinski definition) is 6. The van der Waals surface area contributed by atoms with Crippen LogP contribution in [0.4, 0.5) is 5.13 Å². The van der Waals surface area contributed by atoms with Gasteiger partial charge in [-0.3, -0.25) is 10.1 Å². The lowest BCUT2D eigenvalue weighted by Gasteiger charge is -2.20. The molecule has 0 saturated carbocycles. The highest BCUT2D eigenvalue weighted by Crippen LogP contribution is 2.35. The number of thiazole rings is 1. The second-order valence-corrected chi connectivity index (χ2v) is 6.60. The summed E-state index contributed by atoms with van der Waals surface area (Å²) in [6, 6.07) is 5.52. The van der Waals surface area contributed by atoms with Crippen molar-refractivity contribution in [3.63, 3.8) is 0 Å². The second-order valence-electron chi connectivity index (χ2n) is 5.74. The molecule has 6 nitrogen and oxygen atoms in total. The number of carbonyl (C=O) groups is 1. The van der Waals surface area contributed by atoms with Crippen LogP contribution in [0, 0.1) is 0 Å². The van der Waals surface area contributed by atoms with Crippen LogP contribution < -0.4 is 14.8 Å². The number of aromatic nitrogens is 1. The SMILES string of the molecule is COc1ccc(OC)c(-c2csc(NC(=O)[C@@]3(C)CCCO3)n2)c1. The van der Waals surface area contributed by atoms with E-state index in [-0.39, 0.29) is 5.91 Å². The van der Waals surface area contributed by atoms with E-state index < -0.39 is 5.60 Å². The van der Waals surface area contributed by atoms with Gasteiger partial charge in [0.2, 0.25) is 0 Å². The monoisotopic (exact) mass is 348 g/mol. The minimum Gasteiger partial charge on any atom is -0.497 e. The summed E-state index contributed by atoms with van der Waals surface area (Å²) in [6.45, 7) is 2.43. The first kappa shape index (κ1) is 16.7. The van der Waals surface area contributed by atoms with Crippen LogP contribution in [0.1, 0.15) is 19.8 Å². The highest BCUT2D eigenvalue weighted by Gasteiger charge is 2.38. The summed E-state index contributed by atoms with van der Waals surface area (Å²) < 4.78 is 16.2. The summed E-state index contributed by atoms with van der Waals surface area (Å²) in [7, 11) is 3.22. The molecule has 1 aliphatic rings. The van der Waals surface area contributed by atoms with Crippen LogP contribution in [0.3, 0.4) is 0 Å². The smallest absolute Gasteiger partial charge is 0.258 e. The van der Waals surface area contributed by atoms with Crippen molar-refractivity contribution >= 4 is 22.4 Å².